The van der Waals surface area contributed by atoms with Crippen LogP contribution in [0.2, 0.25) is 5.02 Å². The maximum absolute atomic E-state index is 13.6. The molecule has 9 heteroatoms. The fourth-order valence-corrected chi connectivity index (χ4v) is 2.55. The smallest absolute Gasteiger partial charge is 0.238 e. The number of amides is 2. The third kappa shape index (κ3) is 5.24. The van der Waals surface area contributed by atoms with Gasteiger partial charge in [0.15, 0.2) is 5.82 Å². The van der Waals surface area contributed by atoms with E-state index in [0.717, 1.165) is 17.8 Å². The summed E-state index contributed by atoms with van der Waals surface area (Å²) >= 11 is 6.76. The number of halogens is 2. The van der Waals surface area contributed by atoms with Crippen LogP contribution in [0.25, 0.3) is 0 Å². The Hall–Kier alpha value is -2.06. The third-order valence-electron chi connectivity index (χ3n) is 2.92. The Morgan fingerprint density at radius 1 is 1.38 bits per heavy atom. The van der Waals surface area contributed by atoms with Crippen LogP contribution in [0.4, 0.5) is 15.9 Å². The number of carbonyl (C=O) groups is 2. The molecule has 0 fully saturated rings. The van der Waals surface area contributed by atoms with Gasteiger partial charge in [-0.15, -0.1) is 11.8 Å². The van der Waals surface area contributed by atoms with Gasteiger partial charge < -0.3 is 15.2 Å². The van der Waals surface area contributed by atoms with E-state index < -0.39 is 17.0 Å². The molecule has 128 valence electrons. The molecule has 0 aliphatic rings. The van der Waals surface area contributed by atoms with Crippen molar-refractivity contribution in [2.24, 2.45) is 0 Å². The molecule has 1 atom stereocenters. The Bertz CT molecular complexity index is 753. The predicted molar refractivity (Wildman–Crippen MR) is 91.8 cm³/mol. The van der Waals surface area contributed by atoms with E-state index in [1.807, 2.05) is 0 Å². The van der Waals surface area contributed by atoms with Crippen LogP contribution in [-0.4, -0.2) is 28.0 Å². The van der Waals surface area contributed by atoms with Crippen LogP contribution >= 0.6 is 23.4 Å². The quantitative estimate of drug-likeness (QED) is 0.812. The van der Waals surface area contributed by atoms with Gasteiger partial charge in [0.2, 0.25) is 11.8 Å². The summed E-state index contributed by atoms with van der Waals surface area (Å²) in [7, 11) is 0. The fraction of sp³-hybridized carbons (Fsp3) is 0.267. The van der Waals surface area contributed by atoms with Crippen LogP contribution < -0.4 is 10.6 Å². The molecule has 2 aromatic rings. The van der Waals surface area contributed by atoms with Crippen molar-refractivity contribution in [2.75, 3.05) is 16.4 Å². The van der Waals surface area contributed by atoms with Gasteiger partial charge in [0.1, 0.15) is 11.6 Å². The summed E-state index contributed by atoms with van der Waals surface area (Å²) in [5.41, 5.74) is 0.0418. The molecule has 2 N–H and O–H groups in total. The van der Waals surface area contributed by atoms with Gasteiger partial charge in [0.25, 0.3) is 0 Å². The number of nitrogens with one attached hydrogen (secondary N) is 2. The van der Waals surface area contributed by atoms with Gasteiger partial charge >= 0.3 is 0 Å². The normalized spacial score (nSPS) is 11.8. The van der Waals surface area contributed by atoms with Gasteiger partial charge in [0, 0.05) is 11.1 Å². The highest BCUT2D eigenvalue weighted by Gasteiger charge is 2.17. The lowest BCUT2D eigenvalue weighted by molar-refractivity contribution is -0.115. The fourth-order valence-electron chi connectivity index (χ4n) is 1.71. The monoisotopic (exact) mass is 371 g/mol. The van der Waals surface area contributed by atoms with Crippen LogP contribution in [0.15, 0.2) is 28.8 Å². The first-order chi connectivity index (χ1) is 11.3. The molecule has 0 spiro atoms. The highest BCUT2D eigenvalue weighted by molar-refractivity contribution is 8.01. The van der Waals surface area contributed by atoms with Crippen molar-refractivity contribution in [1.82, 2.24) is 5.16 Å². The molecule has 2 rings (SSSR count). The van der Waals surface area contributed by atoms with E-state index in [4.69, 9.17) is 16.1 Å². The van der Waals surface area contributed by atoms with Gasteiger partial charge in [-0.1, -0.05) is 16.8 Å². The molecule has 0 bridgehead atoms. The van der Waals surface area contributed by atoms with Gasteiger partial charge in [-0.05, 0) is 32.0 Å². The van der Waals surface area contributed by atoms with E-state index in [-0.39, 0.29) is 22.4 Å². The number of nitrogens with zero attached hydrogens (tertiary/aromatic N) is 1. The minimum absolute atomic E-state index is 0.00546. The van der Waals surface area contributed by atoms with Crippen molar-refractivity contribution in [3.8, 4) is 0 Å². The second-order valence-corrected chi connectivity index (χ2v) is 6.70. The average molecular weight is 372 g/mol. The SMILES string of the molecule is Cc1cc(NC(=O)[C@@H](C)SCC(=O)Nc2ccc(Cl)cc2F)no1. The highest BCUT2D eigenvalue weighted by Crippen LogP contribution is 2.20. The molecule has 1 aromatic heterocycles. The number of benzene rings is 1. The zero-order valence-corrected chi connectivity index (χ0v) is 14.5. The summed E-state index contributed by atoms with van der Waals surface area (Å²) in [5, 5.41) is 8.42. The van der Waals surface area contributed by atoms with Gasteiger partial charge in [0.05, 0.1) is 16.7 Å². The first-order valence-electron chi connectivity index (χ1n) is 6.96. The van der Waals surface area contributed by atoms with Crippen molar-refractivity contribution in [1.29, 1.82) is 0 Å². The third-order valence-corrected chi connectivity index (χ3v) is 4.30. The van der Waals surface area contributed by atoms with Crippen LogP contribution in [0.3, 0.4) is 0 Å². The molecule has 1 aromatic carbocycles. The number of anilines is 2. The molecule has 0 saturated heterocycles. The number of hydrogen-bond donors (Lipinski definition) is 2. The van der Waals surface area contributed by atoms with Crippen LogP contribution in [0, 0.1) is 12.7 Å². The minimum Gasteiger partial charge on any atom is -0.360 e. The molecular weight excluding hydrogens is 357 g/mol. The van der Waals surface area contributed by atoms with Gasteiger partial charge in [-0.3, -0.25) is 9.59 Å². The lowest BCUT2D eigenvalue weighted by Gasteiger charge is -2.11. The molecule has 0 aliphatic carbocycles. The average Bonchev–Trinajstić information content (AvgIpc) is 2.92. The summed E-state index contributed by atoms with van der Waals surface area (Å²) in [6, 6.07) is 5.55. The molecule has 0 unspecified atom stereocenters. The first-order valence-corrected chi connectivity index (χ1v) is 8.38. The lowest BCUT2D eigenvalue weighted by Crippen LogP contribution is -2.25. The van der Waals surface area contributed by atoms with E-state index in [9.17, 15) is 14.0 Å². The van der Waals surface area contributed by atoms with Crippen LogP contribution in [0.5, 0.6) is 0 Å². The Morgan fingerprint density at radius 2 is 2.12 bits per heavy atom. The molecule has 6 nitrogen and oxygen atoms in total. The van der Waals surface area contributed by atoms with Crippen molar-refractivity contribution in [3.63, 3.8) is 0 Å². The topological polar surface area (TPSA) is 84.2 Å². The molecule has 24 heavy (non-hydrogen) atoms. The maximum Gasteiger partial charge on any atom is 0.238 e. The summed E-state index contributed by atoms with van der Waals surface area (Å²) in [4.78, 5) is 23.8. The molecular formula is C15H15ClFN3O3S. The summed E-state index contributed by atoms with van der Waals surface area (Å²) in [6.07, 6.45) is 0. The molecule has 1 heterocycles. The summed E-state index contributed by atoms with van der Waals surface area (Å²) in [6.45, 7) is 3.37. The van der Waals surface area contributed by atoms with Crippen LogP contribution in [-0.2, 0) is 9.59 Å². The standard InChI is InChI=1S/C15H15ClFN3O3S/c1-8-5-13(20-23-8)19-15(22)9(2)24-7-14(21)18-12-4-3-10(16)6-11(12)17/h3-6,9H,7H2,1-2H3,(H,18,21)(H,19,20,22)/t9-/m1/s1. The molecule has 2 amide bonds. The number of rotatable bonds is 6. The Labute approximate surface area is 147 Å². The second kappa shape index (κ2) is 8.16. The van der Waals surface area contributed by atoms with E-state index in [0.29, 0.717) is 11.6 Å². The van der Waals surface area contributed by atoms with Crippen molar-refractivity contribution in [2.45, 2.75) is 19.1 Å². The number of hydrogen-bond acceptors (Lipinski definition) is 5. The van der Waals surface area contributed by atoms with E-state index in [2.05, 4.69) is 15.8 Å². The van der Waals surface area contributed by atoms with E-state index >= 15 is 0 Å². The van der Waals surface area contributed by atoms with Crippen molar-refractivity contribution >= 4 is 46.7 Å². The number of thioether (sulfide) groups is 1. The van der Waals surface area contributed by atoms with E-state index in [1.54, 1.807) is 19.9 Å². The van der Waals surface area contributed by atoms with Gasteiger partial charge in [-0.2, -0.15) is 0 Å². The summed E-state index contributed by atoms with van der Waals surface area (Å²) in [5.74, 6) is -0.452. The minimum atomic E-state index is -0.618. The van der Waals surface area contributed by atoms with Crippen molar-refractivity contribution in [3.05, 3.63) is 40.9 Å². The van der Waals surface area contributed by atoms with Gasteiger partial charge in [-0.25, -0.2) is 4.39 Å². The number of aryl methyl sites for hydroxylation is 1. The van der Waals surface area contributed by atoms with Crippen molar-refractivity contribution < 1.29 is 18.5 Å². The number of aromatic nitrogens is 1. The molecule has 0 aliphatic heterocycles. The molecule has 0 radical (unpaired) electrons. The van der Waals surface area contributed by atoms with Crippen LogP contribution in [0.1, 0.15) is 12.7 Å². The largest absolute Gasteiger partial charge is 0.360 e. The van der Waals surface area contributed by atoms with E-state index in [1.165, 1.54) is 12.1 Å². The molecule has 0 saturated carbocycles. The lowest BCUT2D eigenvalue weighted by atomic mass is 10.3. The predicted octanol–water partition coefficient (Wildman–Crippen LogP) is 3.47. The zero-order valence-electron chi connectivity index (χ0n) is 12.9. The second-order valence-electron chi connectivity index (χ2n) is 4.94. The zero-order chi connectivity index (χ0) is 17.7. The number of carbonyl (C=O) groups excluding carboxylic acids is 2. The summed E-state index contributed by atoms with van der Waals surface area (Å²) < 4.78 is 18.4. The Kier molecular flexibility index (Phi) is 6.22. The highest BCUT2D eigenvalue weighted by atomic mass is 35.5. The first kappa shape index (κ1) is 18.3. The maximum atomic E-state index is 13.6. The Balaban J connectivity index is 1.81. The Morgan fingerprint density at radius 3 is 2.75 bits per heavy atom.